The van der Waals surface area contributed by atoms with Crippen molar-refractivity contribution in [1.29, 1.82) is 0 Å². The van der Waals surface area contributed by atoms with Crippen LogP contribution in [0.3, 0.4) is 0 Å². The third kappa shape index (κ3) is 3.71. The van der Waals surface area contributed by atoms with Gasteiger partial charge in [0.2, 0.25) is 6.10 Å². The van der Waals surface area contributed by atoms with Gasteiger partial charge in [-0.15, -0.1) is 0 Å². The molecule has 9 heteroatoms. The van der Waals surface area contributed by atoms with Gasteiger partial charge in [0, 0.05) is 31.8 Å². The zero-order valence-electron chi connectivity index (χ0n) is 14.2. The molecule has 1 aromatic carbocycles. The molecular formula is C17H17F3N4O2. The summed E-state index contributed by atoms with van der Waals surface area (Å²) in [5.41, 5.74) is 0.688. The van der Waals surface area contributed by atoms with Crippen LogP contribution in [-0.2, 0) is 29.3 Å². The summed E-state index contributed by atoms with van der Waals surface area (Å²) in [7, 11) is 1.88. The van der Waals surface area contributed by atoms with E-state index < -0.39 is 23.8 Å². The molecule has 2 heterocycles. The number of carbonyl (C=O) groups excluding carboxylic acids is 1. The number of hydrogen-bond acceptors (Lipinski definition) is 4. The van der Waals surface area contributed by atoms with Crippen molar-refractivity contribution in [2.45, 2.75) is 32.0 Å². The van der Waals surface area contributed by atoms with Gasteiger partial charge < -0.3 is 14.7 Å². The number of benzene rings is 1. The lowest BCUT2D eigenvalue weighted by atomic mass is 10.1. The highest BCUT2D eigenvalue weighted by atomic mass is 19.4. The van der Waals surface area contributed by atoms with Crippen molar-refractivity contribution in [1.82, 2.24) is 9.55 Å². The molecule has 1 unspecified atom stereocenters. The molecule has 1 N–H and O–H groups in total. The molecule has 0 saturated heterocycles. The number of imidazole rings is 1. The van der Waals surface area contributed by atoms with Crippen molar-refractivity contribution in [3.05, 3.63) is 47.5 Å². The summed E-state index contributed by atoms with van der Waals surface area (Å²) < 4.78 is 39.6. The predicted molar refractivity (Wildman–Crippen MR) is 88.7 cm³/mol. The number of anilines is 1. The van der Waals surface area contributed by atoms with Crippen LogP contribution < -0.4 is 5.32 Å². The van der Waals surface area contributed by atoms with E-state index in [0.717, 1.165) is 24.4 Å². The summed E-state index contributed by atoms with van der Waals surface area (Å²) in [6.45, 7) is 1.99. The number of nitrogens with zero attached hydrogens (tertiary/aromatic N) is 3. The first-order valence-corrected chi connectivity index (χ1v) is 8.01. The summed E-state index contributed by atoms with van der Waals surface area (Å²) in [6, 6.07) is 4.22. The average Bonchev–Trinajstić information content (AvgIpc) is 3.21. The molecule has 0 saturated carbocycles. The Kier molecular flexibility index (Phi) is 4.71. The van der Waals surface area contributed by atoms with Crippen LogP contribution in [0, 0.1) is 0 Å². The van der Waals surface area contributed by atoms with Gasteiger partial charge in [-0.1, -0.05) is 12.1 Å². The minimum absolute atomic E-state index is 0.243. The average molecular weight is 366 g/mol. The predicted octanol–water partition coefficient (Wildman–Crippen LogP) is 3.13. The summed E-state index contributed by atoms with van der Waals surface area (Å²) in [5, 5.41) is 6.45. The minimum atomic E-state index is -4.42. The normalized spacial score (nSPS) is 17.0. The number of carbonyl (C=O) groups is 1. The van der Waals surface area contributed by atoms with Gasteiger partial charge in [0.05, 0.1) is 5.56 Å². The van der Waals surface area contributed by atoms with Crippen molar-refractivity contribution in [3.8, 4) is 0 Å². The SMILES string of the molecule is CCc1nc(C2=NOC(C(=O)Nc3ccc(C(F)(F)F)cc3)C2)cn1C. The first-order valence-electron chi connectivity index (χ1n) is 8.01. The van der Waals surface area contributed by atoms with E-state index in [1.54, 1.807) is 0 Å². The maximum absolute atomic E-state index is 12.6. The number of halogens is 3. The lowest BCUT2D eigenvalue weighted by molar-refractivity contribution is -0.137. The van der Waals surface area contributed by atoms with E-state index in [1.807, 2.05) is 24.7 Å². The van der Waals surface area contributed by atoms with E-state index in [0.29, 0.717) is 11.4 Å². The van der Waals surface area contributed by atoms with Crippen LogP contribution in [0.1, 0.15) is 30.4 Å². The number of rotatable bonds is 4. The summed E-state index contributed by atoms with van der Waals surface area (Å²) in [4.78, 5) is 21.8. The van der Waals surface area contributed by atoms with E-state index in [9.17, 15) is 18.0 Å². The topological polar surface area (TPSA) is 68.5 Å². The van der Waals surface area contributed by atoms with Crippen LogP contribution in [0.5, 0.6) is 0 Å². The Morgan fingerprint density at radius 1 is 1.35 bits per heavy atom. The van der Waals surface area contributed by atoms with Gasteiger partial charge in [-0.25, -0.2) is 4.98 Å². The van der Waals surface area contributed by atoms with E-state index in [1.165, 1.54) is 12.1 Å². The van der Waals surface area contributed by atoms with E-state index in [2.05, 4.69) is 15.5 Å². The first kappa shape index (κ1) is 18.0. The van der Waals surface area contributed by atoms with Crippen LogP contribution in [0.4, 0.5) is 18.9 Å². The number of amides is 1. The largest absolute Gasteiger partial charge is 0.416 e. The Hall–Kier alpha value is -2.84. The van der Waals surface area contributed by atoms with Crippen molar-refractivity contribution in [2.75, 3.05) is 5.32 Å². The Morgan fingerprint density at radius 2 is 2.04 bits per heavy atom. The lowest BCUT2D eigenvalue weighted by Crippen LogP contribution is -2.28. The zero-order chi connectivity index (χ0) is 18.9. The fourth-order valence-electron chi connectivity index (χ4n) is 2.61. The van der Waals surface area contributed by atoms with E-state index in [-0.39, 0.29) is 12.1 Å². The smallest absolute Gasteiger partial charge is 0.382 e. The molecule has 1 amide bonds. The molecular weight excluding hydrogens is 349 g/mol. The summed E-state index contributed by atoms with van der Waals surface area (Å²) >= 11 is 0. The zero-order valence-corrected chi connectivity index (χ0v) is 14.2. The van der Waals surface area contributed by atoms with E-state index >= 15 is 0 Å². The van der Waals surface area contributed by atoms with Gasteiger partial charge in [-0.3, -0.25) is 4.79 Å². The third-order valence-corrected chi connectivity index (χ3v) is 4.03. The molecule has 138 valence electrons. The van der Waals surface area contributed by atoms with Crippen molar-refractivity contribution >= 4 is 17.3 Å². The number of alkyl halides is 3. The van der Waals surface area contributed by atoms with Gasteiger partial charge in [-0.05, 0) is 24.3 Å². The Balaban J connectivity index is 1.61. The second kappa shape index (κ2) is 6.81. The van der Waals surface area contributed by atoms with Gasteiger partial charge in [0.1, 0.15) is 17.2 Å². The standard InChI is InChI=1S/C17H17F3N4O2/c1-3-15-22-13(9-24(15)2)12-8-14(26-23-12)16(25)21-11-6-4-10(5-7-11)17(18,19)20/h4-7,9,14H,3,8H2,1-2H3,(H,21,25). The Labute approximate surface area is 147 Å². The van der Waals surface area contributed by atoms with E-state index in [4.69, 9.17) is 4.84 Å². The summed E-state index contributed by atoms with van der Waals surface area (Å²) in [6.07, 6.45) is -2.44. The quantitative estimate of drug-likeness (QED) is 0.904. The molecule has 6 nitrogen and oxygen atoms in total. The monoisotopic (exact) mass is 366 g/mol. The van der Waals surface area contributed by atoms with Crippen LogP contribution in [-0.4, -0.2) is 27.3 Å². The number of hydrogen-bond donors (Lipinski definition) is 1. The number of oxime groups is 1. The molecule has 1 aromatic heterocycles. The maximum Gasteiger partial charge on any atom is 0.416 e. The van der Waals surface area contributed by atoms with Crippen molar-refractivity contribution < 1.29 is 22.8 Å². The fourth-order valence-corrected chi connectivity index (χ4v) is 2.61. The molecule has 1 atom stereocenters. The van der Waals surface area contributed by atoms with Crippen molar-refractivity contribution in [3.63, 3.8) is 0 Å². The number of aromatic nitrogens is 2. The molecule has 0 radical (unpaired) electrons. The highest BCUT2D eigenvalue weighted by molar-refractivity contribution is 6.05. The molecule has 1 aliphatic rings. The highest BCUT2D eigenvalue weighted by Gasteiger charge is 2.32. The molecule has 0 spiro atoms. The first-order chi connectivity index (χ1) is 12.3. The van der Waals surface area contributed by atoms with Gasteiger partial charge in [0.15, 0.2) is 0 Å². The van der Waals surface area contributed by atoms with Gasteiger partial charge >= 0.3 is 6.18 Å². The fraction of sp³-hybridized carbons (Fsp3) is 0.353. The lowest BCUT2D eigenvalue weighted by Gasteiger charge is -2.11. The Bertz CT molecular complexity index is 841. The number of nitrogens with one attached hydrogen (secondary N) is 1. The van der Waals surface area contributed by atoms with Crippen LogP contribution in [0.25, 0.3) is 0 Å². The third-order valence-electron chi connectivity index (χ3n) is 4.03. The number of aryl methyl sites for hydroxylation is 2. The van der Waals surface area contributed by atoms with Gasteiger partial charge in [-0.2, -0.15) is 13.2 Å². The molecule has 0 aliphatic carbocycles. The van der Waals surface area contributed by atoms with Crippen molar-refractivity contribution in [2.24, 2.45) is 12.2 Å². The van der Waals surface area contributed by atoms with Gasteiger partial charge in [0.25, 0.3) is 5.91 Å². The highest BCUT2D eigenvalue weighted by Crippen LogP contribution is 2.30. The minimum Gasteiger partial charge on any atom is -0.382 e. The molecule has 26 heavy (non-hydrogen) atoms. The second-order valence-corrected chi connectivity index (χ2v) is 5.91. The molecule has 1 aliphatic heterocycles. The molecule has 2 aromatic rings. The Morgan fingerprint density at radius 3 is 2.62 bits per heavy atom. The summed E-state index contributed by atoms with van der Waals surface area (Å²) in [5.74, 6) is 0.413. The molecule has 0 bridgehead atoms. The maximum atomic E-state index is 12.6. The van der Waals surface area contributed by atoms with Crippen LogP contribution >= 0.6 is 0 Å². The van der Waals surface area contributed by atoms with Crippen LogP contribution in [0.15, 0.2) is 35.6 Å². The van der Waals surface area contributed by atoms with Crippen LogP contribution in [0.2, 0.25) is 0 Å². The second-order valence-electron chi connectivity index (χ2n) is 5.91. The molecule has 3 rings (SSSR count). The molecule has 0 fully saturated rings.